The Bertz CT molecular complexity index is 668. The van der Waals surface area contributed by atoms with E-state index < -0.39 is 9.85 Å². The quantitative estimate of drug-likeness (QED) is 0.594. The molecule has 0 spiro atoms. The molecule has 0 aromatic carbocycles. The van der Waals surface area contributed by atoms with Crippen molar-refractivity contribution in [2.45, 2.75) is 6.61 Å². The first-order chi connectivity index (χ1) is 9.49. The zero-order valence-electron chi connectivity index (χ0n) is 10.3. The van der Waals surface area contributed by atoms with Crippen LogP contribution in [0.3, 0.4) is 0 Å². The highest BCUT2D eigenvalue weighted by Crippen LogP contribution is 2.16. The molecular formula is C10H9N5O5. The van der Waals surface area contributed by atoms with Crippen LogP contribution in [0.1, 0.15) is 5.82 Å². The molecule has 0 unspecified atom stereocenters. The fourth-order valence-corrected chi connectivity index (χ4v) is 1.47. The SMILES string of the molecule is Cn1c([N+](=O)[O-])cnc1COc1cccc([N+](=O)[O-])n1. The van der Waals surface area contributed by atoms with Crippen LogP contribution in [0.2, 0.25) is 0 Å². The largest absolute Gasteiger partial charge is 0.449 e. The van der Waals surface area contributed by atoms with Gasteiger partial charge in [-0.1, -0.05) is 0 Å². The minimum Gasteiger partial charge on any atom is -0.449 e. The van der Waals surface area contributed by atoms with E-state index in [9.17, 15) is 20.2 Å². The van der Waals surface area contributed by atoms with Crippen LogP contribution in [-0.2, 0) is 13.7 Å². The Labute approximate surface area is 111 Å². The number of pyridine rings is 1. The fourth-order valence-electron chi connectivity index (χ4n) is 1.47. The molecule has 0 aliphatic heterocycles. The predicted molar refractivity (Wildman–Crippen MR) is 65.1 cm³/mol. The lowest BCUT2D eigenvalue weighted by molar-refractivity contribution is -0.391. The van der Waals surface area contributed by atoms with E-state index in [1.807, 2.05) is 0 Å². The maximum absolute atomic E-state index is 10.6. The van der Waals surface area contributed by atoms with Crippen molar-refractivity contribution in [2.24, 2.45) is 7.05 Å². The molecule has 10 nitrogen and oxygen atoms in total. The molecule has 2 aromatic rings. The van der Waals surface area contributed by atoms with Crippen LogP contribution in [0.25, 0.3) is 0 Å². The van der Waals surface area contributed by atoms with E-state index in [-0.39, 0.29) is 24.1 Å². The number of aromatic nitrogens is 3. The molecule has 0 saturated carbocycles. The van der Waals surface area contributed by atoms with Gasteiger partial charge in [-0.25, -0.2) is 9.55 Å². The molecule has 0 amide bonds. The van der Waals surface area contributed by atoms with Crippen LogP contribution in [0.4, 0.5) is 11.6 Å². The summed E-state index contributed by atoms with van der Waals surface area (Å²) in [7, 11) is 1.48. The molecule has 0 aliphatic carbocycles. The molecule has 104 valence electrons. The second kappa shape index (κ2) is 5.30. The van der Waals surface area contributed by atoms with E-state index in [1.54, 1.807) is 0 Å². The standard InChI is InChI=1S/C10H9N5O5/c1-13-8(11-5-10(13)15(18)19)6-20-9-4-2-3-7(12-9)14(16)17/h2-5H,6H2,1H3. The molecule has 10 heteroatoms. The summed E-state index contributed by atoms with van der Waals surface area (Å²) in [6.07, 6.45) is 1.11. The average Bonchev–Trinajstić information content (AvgIpc) is 2.78. The Morgan fingerprint density at radius 3 is 2.65 bits per heavy atom. The second-order valence-corrected chi connectivity index (χ2v) is 3.73. The van der Waals surface area contributed by atoms with Gasteiger partial charge in [-0.15, -0.1) is 0 Å². The summed E-state index contributed by atoms with van der Waals surface area (Å²) in [6, 6.07) is 4.12. The minimum absolute atomic E-state index is 0.0462. The van der Waals surface area contributed by atoms with Gasteiger partial charge >= 0.3 is 17.5 Å². The first-order valence-electron chi connectivity index (χ1n) is 5.38. The smallest absolute Gasteiger partial charge is 0.367 e. The number of nitro groups is 2. The number of ether oxygens (including phenoxy) is 1. The van der Waals surface area contributed by atoms with Crippen molar-refractivity contribution in [3.63, 3.8) is 0 Å². The van der Waals surface area contributed by atoms with Crippen molar-refractivity contribution in [2.75, 3.05) is 0 Å². The van der Waals surface area contributed by atoms with Gasteiger partial charge in [-0.05, 0) is 15.9 Å². The molecule has 0 aliphatic rings. The van der Waals surface area contributed by atoms with Gasteiger partial charge in [0.2, 0.25) is 5.82 Å². The van der Waals surface area contributed by atoms with E-state index in [2.05, 4.69) is 9.97 Å². The molecular weight excluding hydrogens is 270 g/mol. The lowest BCUT2D eigenvalue weighted by Crippen LogP contribution is -2.06. The van der Waals surface area contributed by atoms with Crippen LogP contribution < -0.4 is 4.74 Å². The molecule has 0 radical (unpaired) electrons. The Kier molecular flexibility index (Phi) is 3.55. The fraction of sp³-hybridized carbons (Fsp3) is 0.200. The lowest BCUT2D eigenvalue weighted by Gasteiger charge is -2.00. The van der Waals surface area contributed by atoms with Crippen molar-refractivity contribution in [1.82, 2.24) is 14.5 Å². The third-order valence-electron chi connectivity index (χ3n) is 2.49. The number of nitrogens with zero attached hydrogens (tertiary/aromatic N) is 5. The predicted octanol–water partition coefficient (Wildman–Crippen LogP) is 1.21. The van der Waals surface area contributed by atoms with Gasteiger partial charge in [0.15, 0.2) is 6.61 Å². The highest BCUT2D eigenvalue weighted by atomic mass is 16.6. The molecule has 2 aromatic heterocycles. The Morgan fingerprint density at radius 1 is 1.30 bits per heavy atom. The topological polar surface area (TPSA) is 126 Å². The first-order valence-corrected chi connectivity index (χ1v) is 5.38. The zero-order chi connectivity index (χ0) is 14.7. The summed E-state index contributed by atoms with van der Waals surface area (Å²) in [6.45, 7) is -0.0848. The van der Waals surface area contributed by atoms with Crippen LogP contribution in [0.15, 0.2) is 24.4 Å². The number of hydrogen-bond acceptors (Lipinski definition) is 7. The van der Waals surface area contributed by atoms with Crippen LogP contribution in [0.5, 0.6) is 5.88 Å². The summed E-state index contributed by atoms with van der Waals surface area (Å²) in [5, 5.41) is 21.2. The summed E-state index contributed by atoms with van der Waals surface area (Å²) in [5.74, 6) is -0.154. The molecule has 0 atom stereocenters. The van der Waals surface area contributed by atoms with E-state index >= 15 is 0 Å². The average molecular weight is 279 g/mol. The van der Waals surface area contributed by atoms with Gasteiger partial charge in [-0.3, -0.25) is 0 Å². The Balaban J connectivity index is 2.11. The Morgan fingerprint density at radius 2 is 2.05 bits per heavy atom. The van der Waals surface area contributed by atoms with Gasteiger partial charge in [0.05, 0.1) is 7.05 Å². The zero-order valence-corrected chi connectivity index (χ0v) is 10.3. The number of rotatable bonds is 5. The molecule has 0 bridgehead atoms. The van der Waals surface area contributed by atoms with Crippen LogP contribution >= 0.6 is 0 Å². The van der Waals surface area contributed by atoms with Gasteiger partial charge in [0.1, 0.15) is 6.20 Å². The van der Waals surface area contributed by atoms with Gasteiger partial charge < -0.3 is 25.0 Å². The summed E-state index contributed by atoms with van der Waals surface area (Å²) >= 11 is 0. The van der Waals surface area contributed by atoms with Crippen LogP contribution in [-0.4, -0.2) is 24.4 Å². The summed E-state index contributed by atoms with van der Waals surface area (Å²) < 4.78 is 6.50. The van der Waals surface area contributed by atoms with Crippen molar-refractivity contribution >= 4 is 11.6 Å². The second-order valence-electron chi connectivity index (χ2n) is 3.73. The molecule has 2 heterocycles. The number of imidazole rings is 1. The van der Waals surface area contributed by atoms with Crippen molar-refractivity contribution in [3.05, 3.63) is 50.4 Å². The van der Waals surface area contributed by atoms with E-state index in [0.29, 0.717) is 5.82 Å². The molecule has 2 rings (SSSR count). The molecule has 0 N–H and O–H groups in total. The highest BCUT2D eigenvalue weighted by Gasteiger charge is 2.18. The van der Waals surface area contributed by atoms with E-state index in [0.717, 1.165) is 6.20 Å². The number of hydrogen-bond donors (Lipinski definition) is 0. The lowest BCUT2D eigenvalue weighted by atomic mass is 10.4. The van der Waals surface area contributed by atoms with E-state index in [4.69, 9.17) is 4.74 Å². The molecule has 0 saturated heterocycles. The maximum Gasteiger partial charge on any atom is 0.367 e. The normalized spacial score (nSPS) is 10.2. The van der Waals surface area contributed by atoms with Gasteiger partial charge in [0.25, 0.3) is 0 Å². The van der Waals surface area contributed by atoms with Gasteiger partial charge in [0, 0.05) is 17.1 Å². The van der Waals surface area contributed by atoms with Gasteiger partial charge in [-0.2, -0.15) is 0 Å². The minimum atomic E-state index is -0.640. The third kappa shape index (κ3) is 2.68. The highest BCUT2D eigenvalue weighted by molar-refractivity contribution is 5.25. The van der Waals surface area contributed by atoms with Crippen molar-refractivity contribution in [3.8, 4) is 5.88 Å². The van der Waals surface area contributed by atoms with Crippen molar-refractivity contribution < 1.29 is 14.6 Å². The summed E-state index contributed by atoms with van der Waals surface area (Å²) in [4.78, 5) is 27.5. The first kappa shape index (κ1) is 13.4. The van der Waals surface area contributed by atoms with Crippen LogP contribution in [0, 0.1) is 20.2 Å². The van der Waals surface area contributed by atoms with Crippen molar-refractivity contribution in [1.29, 1.82) is 0 Å². The molecule has 0 fully saturated rings. The monoisotopic (exact) mass is 279 g/mol. The molecule has 20 heavy (non-hydrogen) atoms. The summed E-state index contributed by atoms with van der Waals surface area (Å²) in [5.41, 5.74) is 0. The third-order valence-corrected chi connectivity index (χ3v) is 2.49. The van der Waals surface area contributed by atoms with E-state index in [1.165, 1.54) is 29.8 Å². The Hall–Kier alpha value is -3.04. The maximum atomic E-state index is 10.6.